The zero-order chi connectivity index (χ0) is 19.8. The van der Waals surface area contributed by atoms with E-state index in [4.69, 9.17) is 18.9 Å². The van der Waals surface area contributed by atoms with Gasteiger partial charge in [0, 0.05) is 12.1 Å². The van der Waals surface area contributed by atoms with E-state index in [9.17, 15) is 4.79 Å². The van der Waals surface area contributed by atoms with E-state index in [1.807, 2.05) is 30.3 Å². The molecule has 0 heterocycles. The lowest BCUT2D eigenvalue weighted by atomic mass is 10.1. The van der Waals surface area contributed by atoms with E-state index in [0.29, 0.717) is 17.2 Å². The molecular weight excluding hydrogens is 346 g/mol. The molecule has 0 bridgehead atoms. The minimum absolute atomic E-state index is 0.210. The molecule has 0 aliphatic carbocycles. The fraction of sp³-hybridized carbons (Fsp3) is 0.381. The van der Waals surface area contributed by atoms with Gasteiger partial charge >= 0.3 is 0 Å². The van der Waals surface area contributed by atoms with E-state index >= 15 is 0 Å². The first-order valence-electron chi connectivity index (χ1n) is 8.85. The Bertz CT molecular complexity index is 775. The first-order chi connectivity index (χ1) is 13.0. The monoisotopic (exact) mass is 373 g/mol. The molecule has 27 heavy (non-hydrogen) atoms. The molecule has 0 fully saturated rings. The highest BCUT2D eigenvalue weighted by Crippen LogP contribution is 2.39. The molecule has 0 spiro atoms. The fourth-order valence-corrected chi connectivity index (χ4v) is 2.78. The van der Waals surface area contributed by atoms with E-state index in [1.165, 1.54) is 0 Å². The predicted molar refractivity (Wildman–Crippen MR) is 104 cm³/mol. The second kappa shape index (κ2) is 9.71. The lowest BCUT2D eigenvalue weighted by Gasteiger charge is -2.18. The molecule has 1 atom stereocenters. The number of para-hydroxylation sites is 1. The van der Waals surface area contributed by atoms with Gasteiger partial charge in [0.15, 0.2) is 17.6 Å². The molecule has 6 heteroatoms. The average Bonchev–Trinajstić information content (AvgIpc) is 2.71. The molecule has 1 N–H and O–H groups in total. The number of hydrogen-bond acceptors (Lipinski definition) is 5. The van der Waals surface area contributed by atoms with Crippen LogP contribution in [0.5, 0.6) is 23.0 Å². The highest BCUT2D eigenvalue weighted by atomic mass is 16.5. The van der Waals surface area contributed by atoms with E-state index in [-0.39, 0.29) is 12.5 Å². The van der Waals surface area contributed by atoms with Gasteiger partial charge in [0.05, 0.1) is 21.3 Å². The van der Waals surface area contributed by atoms with Crippen LogP contribution in [-0.4, -0.2) is 33.3 Å². The van der Waals surface area contributed by atoms with Crippen LogP contribution in [0.3, 0.4) is 0 Å². The summed E-state index contributed by atoms with van der Waals surface area (Å²) in [5.74, 6) is 2.11. The number of aryl methyl sites for hydroxylation is 1. The first kappa shape index (κ1) is 20.4. The SMILES string of the molecule is CCc1ccccc1OC(C)C(=O)NCc1ccc(OC)c(OC)c1OC. The number of methoxy groups -OCH3 is 3. The van der Waals surface area contributed by atoms with Crippen LogP contribution in [0.25, 0.3) is 0 Å². The van der Waals surface area contributed by atoms with Gasteiger partial charge in [0.25, 0.3) is 5.91 Å². The number of benzene rings is 2. The maximum atomic E-state index is 12.5. The van der Waals surface area contributed by atoms with Gasteiger partial charge in [0.1, 0.15) is 5.75 Å². The predicted octanol–water partition coefficient (Wildman–Crippen LogP) is 3.36. The number of ether oxygens (including phenoxy) is 4. The van der Waals surface area contributed by atoms with Crippen LogP contribution < -0.4 is 24.3 Å². The van der Waals surface area contributed by atoms with Gasteiger partial charge in [-0.1, -0.05) is 25.1 Å². The van der Waals surface area contributed by atoms with E-state index in [2.05, 4.69) is 12.2 Å². The Hall–Kier alpha value is -2.89. The zero-order valence-corrected chi connectivity index (χ0v) is 16.5. The van der Waals surface area contributed by atoms with Gasteiger partial charge in [-0.2, -0.15) is 0 Å². The summed E-state index contributed by atoms with van der Waals surface area (Å²) < 4.78 is 21.9. The minimum atomic E-state index is -0.621. The molecule has 0 aliphatic rings. The molecule has 146 valence electrons. The second-order valence-corrected chi connectivity index (χ2v) is 5.93. The lowest BCUT2D eigenvalue weighted by molar-refractivity contribution is -0.127. The van der Waals surface area contributed by atoms with Crippen LogP contribution in [0.1, 0.15) is 25.0 Å². The summed E-state index contributed by atoms with van der Waals surface area (Å²) in [5, 5.41) is 2.88. The number of amides is 1. The summed E-state index contributed by atoms with van der Waals surface area (Å²) >= 11 is 0. The Morgan fingerprint density at radius 1 is 0.926 bits per heavy atom. The van der Waals surface area contributed by atoms with Gasteiger partial charge < -0.3 is 24.3 Å². The van der Waals surface area contributed by atoms with Crippen molar-refractivity contribution in [3.05, 3.63) is 47.5 Å². The smallest absolute Gasteiger partial charge is 0.261 e. The lowest BCUT2D eigenvalue weighted by Crippen LogP contribution is -2.36. The Morgan fingerprint density at radius 3 is 2.26 bits per heavy atom. The van der Waals surface area contributed by atoms with Crippen LogP contribution in [0.2, 0.25) is 0 Å². The summed E-state index contributed by atoms with van der Waals surface area (Å²) in [4.78, 5) is 12.5. The molecule has 0 saturated carbocycles. The average molecular weight is 373 g/mol. The number of rotatable bonds is 9. The topological polar surface area (TPSA) is 66.0 Å². The normalized spacial score (nSPS) is 11.4. The van der Waals surface area contributed by atoms with Gasteiger partial charge in [-0.15, -0.1) is 0 Å². The summed E-state index contributed by atoms with van der Waals surface area (Å²) in [6.45, 7) is 4.06. The summed E-state index contributed by atoms with van der Waals surface area (Å²) in [6, 6.07) is 11.3. The number of carbonyl (C=O) groups excluding carboxylic acids is 1. The maximum absolute atomic E-state index is 12.5. The Labute approximate surface area is 160 Å². The standard InChI is InChI=1S/C21H27NO5/c1-6-15-9-7-8-10-17(15)27-14(2)21(23)22-13-16-11-12-18(24-3)20(26-5)19(16)25-4/h7-12,14H,6,13H2,1-5H3,(H,22,23). The fourth-order valence-electron chi connectivity index (χ4n) is 2.78. The second-order valence-electron chi connectivity index (χ2n) is 5.93. The van der Waals surface area contributed by atoms with Gasteiger partial charge in [0.2, 0.25) is 5.75 Å². The Balaban J connectivity index is 2.06. The summed E-state index contributed by atoms with van der Waals surface area (Å²) in [5.41, 5.74) is 1.85. The Morgan fingerprint density at radius 2 is 1.63 bits per heavy atom. The van der Waals surface area contributed by atoms with Crippen molar-refractivity contribution in [3.63, 3.8) is 0 Å². The maximum Gasteiger partial charge on any atom is 0.261 e. The number of hydrogen-bond donors (Lipinski definition) is 1. The van der Waals surface area contributed by atoms with Crippen molar-refractivity contribution in [3.8, 4) is 23.0 Å². The first-order valence-corrected chi connectivity index (χ1v) is 8.85. The van der Waals surface area contributed by atoms with Crippen LogP contribution in [0, 0.1) is 0 Å². The summed E-state index contributed by atoms with van der Waals surface area (Å²) in [7, 11) is 4.66. The third-order valence-corrected chi connectivity index (χ3v) is 4.27. The van der Waals surface area contributed by atoms with Crippen LogP contribution in [-0.2, 0) is 17.8 Å². The van der Waals surface area contributed by atoms with Crippen molar-refractivity contribution in [2.24, 2.45) is 0 Å². The van der Waals surface area contributed by atoms with Crippen molar-refractivity contribution in [1.82, 2.24) is 5.32 Å². The molecule has 2 aromatic rings. The molecule has 2 aromatic carbocycles. The zero-order valence-electron chi connectivity index (χ0n) is 16.5. The van der Waals surface area contributed by atoms with Crippen molar-refractivity contribution in [2.75, 3.05) is 21.3 Å². The molecule has 0 aromatic heterocycles. The van der Waals surface area contributed by atoms with E-state index in [0.717, 1.165) is 23.3 Å². The van der Waals surface area contributed by atoms with Crippen molar-refractivity contribution in [1.29, 1.82) is 0 Å². The molecule has 2 rings (SSSR count). The van der Waals surface area contributed by atoms with E-state index < -0.39 is 6.10 Å². The van der Waals surface area contributed by atoms with Crippen LogP contribution >= 0.6 is 0 Å². The molecule has 1 unspecified atom stereocenters. The molecule has 1 amide bonds. The number of nitrogens with one attached hydrogen (secondary N) is 1. The highest BCUT2D eigenvalue weighted by Gasteiger charge is 2.19. The molecule has 0 saturated heterocycles. The molecular formula is C21H27NO5. The third-order valence-electron chi connectivity index (χ3n) is 4.27. The van der Waals surface area contributed by atoms with Crippen LogP contribution in [0.4, 0.5) is 0 Å². The molecule has 0 aliphatic heterocycles. The quantitative estimate of drug-likeness (QED) is 0.730. The van der Waals surface area contributed by atoms with Crippen molar-refractivity contribution >= 4 is 5.91 Å². The minimum Gasteiger partial charge on any atom is -0.493 e. The van der Waals surface area contributed by atoms with Gasteiger partial charge in [-0.05, 0) is 37.1 Å². The third kappa shape index (κ3) is 4.84. The molecule has 6 nitrogen and oxygen atoms in total. The van der Waals surface area contributed by atoms with Crippen molar-refractivity contribution in [2.45, 2.75) is 32.9 Å². The van der Waals surface area contributed by atoms with Gasteiger partial charge in [-0.3, -0.25) is 4.79 Å². The van der Waals surface area contributed by atoms with Crippen molar-refractivity contribution < 1.29 is 23.7 Å². The summed E-state index contributed by atoms with van der Waals surface area (Å²) in [6.07, 6.45) is 0.219. The van der Waals surface area contributed by atoms with Gasteiger partial charge in [-0.25, -0.2) is 0 Å². The highest BCUT2D eigenvalue weighted by molar-refractivity contribution is 5.80. The van der Waals surface area contributed by atoms with Crippen LogP contribution in [0.15, 0.2) is 36.4 Å². The largest absolute Gasteiger partial charge is 0.493 e. The number of carbonyl (C=O) groups is 1. The van der Waals surface area contributed by atoms with E-state index in [1.54, 1.807) is 34.3 Å². The molecule has 0 radical (unpaired) electrons. The Kier molecular flexibility index (Phi) is 7.34.